The van der Waals surface area contributed by atoms with Crippen molar-refractivity contribution >= 4 is 23.5 Å². The van der Waals surface area contributed by atoms with Gasteiger partial charge in [-0.3, -0.25) is 10.2 Å². The summed E-state index contributed by atoms with van der Waals surface area (Å²) in [5.41, 5.74) is 6.20. The molecule has 1 aromatic rings. The van der Waals surface area contributed by atoms with Gasteiger partial charge in [0.15, 0.2) is 6.61 Å². The third-order valence-corrected chi connectivity index (χ3v) is 4.32. The summed E-state index contributed by atoms with van der Waals surface area (Å²) in [5, 5.41) is 7.69. The molecule has 1 aromatic carbocycles. The zero-order valence-corrected chi connectivity index (χ0v) is 13.0. The summed E-state index contributed by atoms with van der Waals surface area (Å²) < 4.78 is 5.63. The third kappa shape index (κ3) is 3.91. The largest absolute Gasteiger partial charge is 0.483 e. The number of piperidine rings is 1. The molecule has 0 radical (unpaired) electrons. The first-order valence-electron chi connectivity index (χ1n) is 7.05. The molecule has 0 saturated carbocycles. The van der Waals surface area contributed by atoms with Crippen LogP contribution in [-0.4, -0.2) is 42.6 Å². The molecule has 1 heterocycles. The van der Waals surface area contributed by atoms with Crippen LogP contribution in [0.4, 0.5) is 0 Å². The van der Waals surface area contributed by atoms with Crippen molar-refractivity contribution in [2.75, 3.05) is 26.0 Å². The minimum Gasteiger partial charge on any atom is -0.483 e. The lowest BCUT2D eigenvalue weighted by atomic mass is 10.1. The molecule has 0 aliphatic carbocycles. The molecule has 6 heteroatoms. The van der Waals surface area contributed by atoms with Crippen LogP contribution in [0, 0.1) is 5.41 Å². The molecule has 0 aromatic heterocycles. The number of thioether (sulfide) groups is 1. The highest BCUT2D eigenvalue weighted by atomic mass is 32.2. The maximum Gasteiger partial charge on any atom is 0.260 e. The van der Waals surface area contributed by atoms with Crippen LogP contribution in [0.5, 0.6) is 5.75 Å². The number of nitrogen functional groups attached to an aromatic ring is 1. The topological polar surface area (TPSA) is 79.4 Å². The number of rotatable bonds is 5. The number of likely N-dealkylation sites (tertiary alicyclic amines) is 1. The number of amidine groups is 1. The lowest BCUT2D eigenvalue weighted by Crippen LogP contribution is -2.38. The first kappa shape index (κ1) is 15.7. The molecule has 0 spiro atoms. The van der Waals surface area contributed by atoms with E-state index >= 15 is 0 Å². The number of amides is 1. The van der Waals surface area contributed by atoms with E-state index < -0.39 is 0 Å². The number of nitrogens with one attached hydrogen (secondary N) is 1. The van der Waals surface area contributed by atoms with Crippen LogP contribution in [0.1, 0.15) is 24.8 Å². The van der Waals surface area contributed by atoms with Crippen LogP contribution >= 0.6 is 11.8 Å². The summed E-state index contributed by atoms with van der Waals surface area (Å²) in [6.45, 7) is 1.62. The molecule has 1 saturated heterocycles. The van der Waals surface area contributed by atoms with Gasteiger partial charge in [-0.05, 0) is 37.7 Å². The van der Waals surface area contributed by atoms with E-state index in [0.29, 0.717) is 11.3 Å². The second-order valence-electron chi connectivity index (χ2n) is 4.98. The van der Waals surface area contributed by atoms with E-state index in [0.717, 1.165) is 30.8 Å². The average molecular weight is 307 g/mol. The van der Waals surface area contributed by atoms with Gasteiger partial charge in [-0.15, -0.1) is 11.8 Å². The lowest BCUT2D eigenvalue weighted by molar-refractivity contribution is -0.134. The number of nitrogens with two attached hydrogens (primary N) is 1. The molecule has 1 fully saturated rings. The zero-order valence-electron chi connectivity index (χ0n) is 12.2. The second kappa shape index (κ2) is 7.36. The Hall–Kier alpha value is -1.69. The average Bonchev–Trinajstić information content (AvgIpc) is 2.52. The Morgan fingerprint density at radius 3 is 2.71 bits per heavy atom. The fourth-order valence-corrected chi connectivity index (χ4v) is 3.07. The third-order valence-electron chi connectivity index (χ3n) is 3.54. The number of ether oxygens (including phenoxy) is 1. The Morgan fingerprint density at radius 1 is 1.38 bits per heavy atom. The SMILES string of the molecule is CSc1cccc(OCC(=O)N2CCCCC2)c1C(=N)N. The normalized spacial score (nSPS) is 14.8. The molecule has 0 bridgehead atoms. The van der Waals surface area contributed by atoms with Gasteiger partial charge < -0.3 is 15.4 Å². The quantitative estimate of drug-likeness (QED) is 0.496. The highest BCUT2D eigenvalue weighted by molar-refractivity contribution is 7.98. The van der Waals surface area contributed by atoms with Crippen molar-refractivity contribution in [1.82, 2.24) is 4.90 Å². The Morgan fingerprint density at radius 2 is 2.10 bits per heavy atom. The van der Waals surface area contributed by atoms with Crippen molar-refractivity contribution < 1.29 is 9.53 Å². The molecule has 1 aliphatic heterocycles. The number of hydrogen-bond donors (Lipinski definition) is 2. The van der Waals surface area contributed by atoms with Crippen molar-refractivity contribution in [2.24, 2.45) is 5.73 Å². The second-order valence-corrected chi connectivity index (χ2v) is 5.83. The molecule has 2 rings (SSSR count). The van der Waals surface area contributed by atoms with Gasteiger partial charge in [-0.25, -0.2) is 0 Å². The van der Waals surface area contributed by atoms with Gasteiger partial charge >= 0.3 is 0 Å². The summed E-state index contributed by atoms with van der Waals surface area (Å²) in [6.07, 6.45) is 5.23. The summed E-state index contributed by atoms with van der Waals surface area (Å²) in [7, 11) is 0. The minimum atomic E-state index is -0.0413. The Kier molecular flexibility index (Phi) is 5.50. The standard InChI is InChI=1S/C15H21N3O2S/c1-21-12-7-5-6-11(14(12)15(16)17)20-10-13(19)18-8-3-2-4-9-18/h5-7H,2-4,8-10H2,1H3,(H3,16,17). The Bertz CT molecular complexity index is 528. The fraction of sp³-hybridized carbons (Fsp3) is 0.467. The predicted octanol–water partition coefficient (Wildman–Crippen LogP) is 2.08. The summed E-state index contributed by atoms with van der Waals surface area (Å²) in [6, 6.07) is 5.49. The number of hydrogen-bond acceptors (Lipinski definition) is 4. The smallest absolute Gasteiger partial charge is 0.260 e. The van der Waals surface area contributed by atoms with Gasteiger partial charge in [0, 0.05) is 18.0 Å². The van der Waals surface area contributed by atoms with Crippen molar-refractivity contribution in [3.8, 4) is 5.75 Å². The summed E-state index contributed by atoms with van der Waals surface area (Å²) in [4.78, 5) is 14.8. The van der Waals surface area contributed by atoms with Crippen LogP contribution in [0.15, 0.2) is 23.1 Å². The number of benzene rings is 1. The number of carbonyl (C=O) groups excluding carboxylic acids is 1. The van der Waals surface area contributed by atoms with Gasteiger partial charge in [-0.1, -0.05) is 6.07 Å². The lowest BCUT2D eigenvalue weighted by Gasteiger charge is -2.26. The number of nitrogens with zero attached hydrogens (tertiary/aromatic N) is 1. The van der Waals surface area contributed by atoms with E-state index in [4.69, 9.17) is 15.9 Å². The fourth-order valence-electron chi connectivity index (χ4n) is 2.44. The maximum atomic E-state index is 12.1. The molecular weight excluding hydrogens is 286 g/mol. The van der Waals surface area contributed by atoms with Gasteiger partial charge in [0.25, 0.3) is 5.91 Å². The molecule has 21 heavy (non-hydrogen) atoms. The van der Waals surface area contributed by atoms with Gasteiger partial charge in [0.2, 0.25) is 0 Å². The monoisotopic (exact) mass is 307 g/mol. The summed E-state index contributed by atoms with van der Waals surface area (Å²) >= 11 is 1.50. The van der Waals surface area contributed by atoms with Crippen LogP contribution in [0.25, 0.3) is 0 Å². The van der Waals surface area contributed by atoms with Crippen LogP contribution in [-0.2, 0) is 4.79 Å². The molecule has 1 amide bonds. The van der Waals surface area contributed by atoms with E-state index in [1.54, 1.807) is 6.07 Å². The Labute approximate surface area is 129 Å². The van der Waals surface area contributed by atoms with Gasteiger partial charge in [0.05, 0.1) is 5.56 Å². The zero-order chi connectivity index (χ0) is 15.2. The highest BCUT2D eigenvalue weighted by Gasteiger charge is 2.18. The van der Waals surface area contributed by atoms with E-state index in [9.17, 15) is 4.79 Å². The van der Waals surface area contributed by atoms with E-state index in [1.807, 2.05) is 23.3 Å². The first-order chi connectivity index (χ1) is 10.1. The van der Waals surface area contributed by atoms with E-state index in [2.05, 4.69) is 0 Å². The molecule has 114 valence electrons. The van der Waals surface area contributed by atoms with Crippen molar-refractivity contribution in [2.45, 2.75) is 24.2 Å². The van der Waals surface area contributed by atoms with Crippen molar-refractivity contribution in [3.05, 3.63) is 23.8 Å². The van der Waals surface area contributed by atoms with Crippen molar-refractivity contribution in [1.29, 1.82) is 5.41 Å². The maximum absolute atomic E-state index is 12.1. The van der Waals surface area contributed by atoms with Gasteiger partial charge in [-0.2, -0.15) is 0 Å². The van der Waals surface area contributed by atoms with E-state index in [1.165, 1.54) is 18.2 Å². The summed E-state index contributed by atoms with van der Waals surface area (Å²) in [5.74, 6) is 0.457. The van der Waals surface area contributed by atoms with Crippen LogP contribution in [0.3, 0.4) is 0 Å². The van der Waals surface area contributed by atoms with E-state index in [-0.39, 0.29) is 18.3 Å². The van der Waals surface area contributed by atoms with Crippen LogP contribution < -0.4 is 10.5 Å². The first-order valence-corrected chi connectivity index (χ1v) is 8.28. The predicted molar refractivity (Wildman–Crippen MR) is 85.2 cm³/mol. The number of carbonyl (C=O) groups is 1. The van der Waals surface area contributed by atoms with Crippen LogP contribution in [0.2, 0.25) is 0 Å². The molecule has 0 atom stereocenters. The molecule has 5 nitrogen and oxygen atoms in total. The van der Waals surface area contributed by atoms with Crippen molar-refractivity contribution in [3.63, 3.8) is 0 Å². The molecule has 0 unspecified atom stereocenters. The Balaban J connectivity index is 2.05. The minimum absolute atomic E-state index is 0.00115. The van der Waals surface area contributed by atoms with Gasteiger partial charge in [0.1, 0.15) is 11.6 Å². The molecular formula is C15H21N3O2S. The molecule has 3 N–H and O–H groups in total. The highest BCUT2D eigenvalue weighted by Crippen LogP contribution is 2.28. The molecule has 1 aliphatic rings.